The molecule has 6 heteroatoms. The highest BCUT2D eigenvalue weighted by molar-refractivity contribution is 7.98. The minimum absolute atomic E-state index is 0.284. The van der Waals surface area contributed by atoms with E-state index in [4.69, 9.17) is 0 Å². The Bertz CT molecular complexity index is 812. The van der Waals surface area contributed by atoms with Gasteiger partial charge in [-0.15, -0.1) is 11.8 Å². The zero-order valence-electron chi connectivity index (χ0n) is 12.2. The third-order valence-electron chi connectivity index (χ3n) is 3.13. The van der Waals surface area contributed by atoms with Crippen LogP contribution in [0.2, 0.25) is 0 Å². The molecule has 22 heavy (non-hydrogen) atoms. The fourth-order valence-electron chi connectivity index (χ4n) is 2.04. The van der Waals surface area contributed by atoms with Crippen molar-refractivity contribution in [3.63, 3.8) is 0 Å². The molecular formula is C16H15N3OS2. The van der Waals surface area contributed by atoms with Crippen LogP contribution in [0, 0.1) is 6.92 Å². The van der Waals surface area contributed by atoms with Crippen LogP contribution in [0.5, 0.6) is 0 Å². The van der Waals surface area contributed by atoms with E-state index in [0.717, 1.165) is 26.4 Å². The summed E-state index contributed by atoms with van der Waals surface area (Å²) < 4.78 is 1.07. The Balaban J connectivity index is 1.75. The van der Waals surface area contributed by atoms with E-state index in [1.807, 2.05) is 55.6 Å². The molecule has 0 aliphatic carbocycles. The number of carbonyl (C=O) groups is 1. The molecule has 0 radical (unpaired) electrons. The third kappa shape index (κ3) is 3.23. The Labute approximate surface area is 137 Å². The molecule has 0 aliphatic rings. The number of aryl methyl sites for hydroxylation is 1. The van der Waals surface area contributed by atoms with Crippen molar-refractivity contribution in [2.75, 3.05) is 16.9 Å². The summed E-state index contributed by atoms with van der Waals surface area (Å²) in [6.07, 6.45) is 2.02. The maximum atomic E-state index is 12.0. The molecule has 2 aromatic carbocycles. The first-order valence-corrected chi connectivity index (χ1v) is 8.78. The molecule has 0 atom stereocenters. The monoisotopic (exact) mass is 329 g/mol. The van der Waals surface area contributed by atoms with Gasteiger partial charge >= 0.3 is 6.03 Å². The first-order valence-electron chi connectivity index (χ1n) is 6.74. The maximum Gasteiger partial charge on any atom is 0.325 e. The molecule has 0 bridgehead atoms. The number of fused-ring (bicyclic) bond motifs is 1. The molecule has 0 saturated carbocycles. The number of anilines is 2. The lowest BCUT2D eigenvalue weighted by Crippen LogP contribution is -2.19. The predicted octanol–water partition coefficient (Wildman–Crippen LogP) is 4.97. The number of carbonyl (C=O) groups excluding carboxylic acids is 1. The van der Waals surface area contributed by atoms with Crippen molar-refractivity contribution < 1.29 is 4.79 Å². The van der Waals surface area contributed by atoms with Gasteiger partial charge in [-0.05, 0) is 37.4 Å². The second kappa shape index (κ2) is 6.37. The molecule has 3 rings (SSSR count). The van der Waals surface area contributed by atoms with Crippen LogP contribution in [-0.4, -0.2) is 17.3 Å². The van der Waals surface area contributed by atoms with E-state index in [-0.39, 0.29) is 6.03 Å². The van der Waals surface area contributed by atoms with Crippen LogP contribution in [0.15, 0.2) is 47.4 Å². The third-order valence-corrected chi connectivity index (χ3v) is 4.84. The molecule has 0 spiro atoms. The molecule has 0 saturated heterocycles. The number of nitrogens with one attached hydrogen (secondary N) is 2. The Kier molecular flexibility index (Phi) is 4.31. The Hall–Kier alpha value is -2.05. The maximum absolute atomic E-state index is 12.0. The van der Waals surface area contributed by atoms with E-state index in [1.54, 1.807) is 11.8 Å². The average molecular weight is 329 g/mol. The number of amides is 2. The number of hydrogen-bond donors (Lipinski definition) is 2. The van der Waals surface area contributed by atoms with E-state index >= 15 is 0 Å². The number of nitrogens with zero attached hydrogens (tertiary/aromatic N) is 1. The summed E-state index contributed by atoms with van der Waals surface area (Å²) in [5, 5.41) is 6.19. The normalized spacial score (nSPS) is 10.6. The Morgan fingerprint density at radius 2 is 1.91 bits per heavy atom. The molecular weight excluding hydrogens is 314 g/mol. The van der Waals surface area contributed by atoms with Gasteiger partial charge in [-0.25, -0.2) is 9.78 Å². The summed E-state index contributed by atoms with van der Waals surface area (Å²) in [7, 11) is 0. The van der Waals surface area contributed by atoms with Crippen LogP contribution in [0.25, 0.3) is 10.2 Å². The molecule has 2 amide bonds. The highest BCUT2D eigenvalue weighted by atomic mass is 32.2. The van der Waals surface area contributed by atoms with Gasteiger partial charge in [0.2, 0.25) is 0 Å². The minimum atomic E-state index is -0.284. The summed E-state index contributed by atoms with van der Waals surface area (Å²) in [5.74, 6) is 0. The van der Waals surface area contributed by atoms with Crippen LogP contribution in [0.1, 0.15) is 5.56 Å². The SMILES string of the molecule is CSc1cccc2sc(NC(=O)Nc3ccc(C)cc3)nc12. The number of thiazole rings is 1. The number of rotatable bonds is 3. The lowest BCUT2D eigenvalue weighted by Gasteiger charge is -2.05. The number of para-hydroxylation sites is 1. The first-order chi connectivity index (χ1) is 10.7. The predicted molar refractivity (Wildman–Crippen MR) is 95.2 cm³/mol. The molecule has 0 fully saturated rings. The number of aromatic nitrogens is 1. The zero-order chi connectivity index (χ0) is 15.5. The van der Waals surface area contributed by atoms with Crippen molar-refractivity contribution in [2.24, 2.45) is 0 Å². The van der Waals surface area contributed by atoms with Gasteiger partial charge in [-0.2, -0.15) is 0 Å². The van der Waals surface area contributed by atoms with Crippen molar-refractivity contribution in [3.8, 4) is 0 Å². The second-order valence-corrected chi connectivity index (χ2v) is 6.65. The van der Waals surface area contributed by atoms with Gasteiger partial charge in [-0.3, -0.25) is 5.32 Å². The lowest BCUT2D eigenvalue weighted by atomic mass is 10.2. The van der Waals surface area contributed by atoms with Gasteiger partial charge in [0.1, 0.15) is 0 Å². The van der Waals surface area contributed by atoms with Crippen molar-refractivity contribution in [1.82, 2.24) is 4.98 Å². The van der Waals surface area contributed by atoms with E-state index < -0.39 is 0 Å². The van der Waals surface area contributed by atoms with Gasteiger partial charge in [0, 0.05) is 10.6 Å². The van der Waals surface area contributed by atoms with Crippen molar-refractivity contribution >= 4 is 50.2 Å². The summed E-state index contributed by atoms with van der Waals surface area (Å²) in [6.45, 7) is 2.01. The fraction of sp³-hybridized carbons (Fsp3) is 0.125. The molecule has 2 N–H and O–H groups in total. The van der Waals surface area contributed by atoms with Crippen LogP contribution in [-0.2, 0) is 0 Å². The second-order valence-electron chi connectivity index (χ2n) is 4.77. The quantitative estimate of drug-likeness (QED) is 0.667. The minimum Gasteiger partial charge on any atom is -0.308 e. The Morgan fingerprint density at radius 3 is 2.64 bits per heavy atom. The highest BCUT2D eigenvalue weighted by Gasteiger charge is 2.10. The number of urea groups is 1. The number of benzene rings is 2. The molecule has 4 nitrogen and oxygen atoms in total. The van der Waals surface area contributed by atoms with Gasteiger partial charge in [0.15, 0.2) is 5.13 Å². The highest BCUT2D eigenvalue weighted by Crippen LogP contribution is 2.32. The fourth-order valence-corrected chi connectivity index (χ4v) is 3.55. The Morgan fingerprint density at radius 1 is 1.14 bits per heavy atom. The van der Waals surface area contributed by atoms with Gasteiger partial charge in [0.25, 0.3) is 0 Å². The number of thioether (sulfide) groups is 1. The van der Waals surface area contributed by atoms with Crippen molar-refractivity contribution in [2.45, 2.75) is 11.8 Å². The summed E-state index contributed by atoms with van der Waals surface area (Å²) >= 11 is 3.12. The molecule has 3 aromatic rings. The van der Waals surface area contributed by atoms with Crippen LogP contribution in [0.4, 0.5) is 15.6 Å². The lowest BCUT2D eigenvalue weighted by molar-refractivity contribution is 0.262. The van der Waals surface area contributed by atoms with Crippen LogP contribution in [0.3, 0.4) is 0 Å². The summed E-state index contributed by atoms with van der Waals surface area (Å²) in [6, 6.07) is 13.4. The molecule has 1 heterocycles. The van der Waals surface area contributed by atoms with Crippen molar-refractivity contribution in [1.29, 1.82) is 0 Å². The summed E-state index contributed by atoms with van der Waals surface area (Å²) in [4.78, 5) is 17.7. The van der Waals surface area contributed by atoms with Gasteiger partial charge in [-0.1, -0.05) is 35.1 Å². The molecule has 0 unspecified atom stereocenters. The molecule has 0 aliphatic heterocycles. The van der Waals surface area contributed by atoms with Crippen molar-refractivity contribution in [3.05, 3.63) is 48.0 Å². The van der Waals surface area contributed by atoms with E-state index in [1.165, 1.54) is 11.3 Å². The topological polar surface area (TPSA) is 54.0 Å². The zero-order valence-corrected chi connectivity index (χ0v) is 13.8. The van der Waals surface area contributed by atoms with E-state index in [9.17, 15) is 4.79 Å². The number of hydrogen-bond acceptors (Lipinski definition) is 4. The molecule has 112 valence electrons. The summed E-state index contributed by atoms with van der Waals surface area (Å²) in [5.41, 5.74) is 2.85. The van der Waals surface area contributed by atoms with Gasteiger partial charge in [0.05, 0.1) is 10.2 Å². The van der Waals surface area contributed by atoms with E-state index in [2.05, 4.69) is 15.6 Å². The first kappa shape index (κ1) is 14.9. The average Bonchev–Trinajstić information content (AvgIpc) is 2.91. The smallest absolute Gasteiger partial charge is 0.308 e. The molecule has 1 aromatic heterocycles. The van der Waals surface area contributed by atoms with E-state index in [0.29, 0.717) is 5.13 Å². The van der Waals surface area contributed by atoms with Gasteiger partial charge < -0.3 is 5.32 Å². The van der Waals surface area contributed by atoms with Crippen LogP contribution < -0.4 is 10.6 Å². The standard InChI is InChI=1S/C16H15N3OS2/c1-10-6-8-11(9-7-10)17-15(20)19-16-18-14-12(21-2)4-3-5-13(14)22-16/h3-9H,1-2H3,(H2,17,18,19,20). The largest absolute Gasteiger partial charge is 0.325 e. The van der Waals surface area contributed by atoms with Crippen LogP contribution >= 0.6 is 23.1 Å².